The van der Waals surface area contributed by atoms with Crippen molar-refractivity contribution in [1.82, 2.24) is 4.98 Å². The van der Waals surface area contributed by atoms with Gasteiger partial charge in [0.1, 0.15) is 0 Å². The maximum absolute atomic E-state index is 10.1. The van der Waals surface area contributed by atoms with Crippen molar-refractivity contribution in [2.24, 2.45) is 0 Å². The molecule has 2 heteroatoms. The highest BCUT2D eigenvalue weighted by Crippen LogP contribution is 2.33. The van der Waals surface area contributed by atoms with Gasteiger partial charge in [-0.25, -0.2) is 0 Å². The van der Waals surface area contributed by atoms with Gasteiger partial charge in [-0.15, -0.1) is 0 Å². The molecule has 0 aliphatic carbocycles. The first-order valence-electron chi connectivity index (χ1n) is 5.48. The van der Waals surface area contributed by atoms with Gasteiger partial charge in [-0.2, -0.15) is 0 Å². The molecule has 0 unspecified atom stereocenters. The van der Waals surface area contributed by atoms with Crippen molar-refractivity contribution < 1.29 is 5.11 Å². The molecule has 0 saturated carbocycles. The van der Waals surface area contributed by atoms with Crippen LogP contribution in [-0.4, -0.2) is 15.7 Å². The molecular weight excluding hydrogens is 186 g/mol. The monoisotopic (exact) mass is 207 g/mol. The Morgan fingerprint density at radius 3 is 2.27 bits per heavy atom. The van der Waals surface area contributed by atoms with Crippen LogP contribution >= 0.6 is 0 Å². The molecule has 0 bridgehead atoms. The number of nitrogens with zero attached hydrogens (tertiary/aromatic N) is 1. The smallest absolute Gasteiger partial charge is 0.0697 e. The fourth-order valence-electron chi connectivity index (χ4n) is 1.34. The number of rotatable bonds is 3. The summed E-state index contributed by atoms with van der Waals surface area (Å²) >= 11 is 0. The van der Waals surface area contributed by atoms with Crippen molar-refractivity contribution in [1.29, 1.82) is 0 Å². The highest BCUT2D eigenvalue weighted by molar-refractivity contribution is 5.22. The van der Waals surface area contributed by atoms with Crippen LogP contribution in [0.1, 0.15) is 46.0 Å². The summed E-state index contributed by atoms with van der Waals surface area (Å²) in [7, 11) is 0. The normalized spacial score (nSPS) is 12.9. The molecule has 2 nitrogen and oxygen atoms in total. The Morgan fingerprint density at radius 1 is 1.20 bits per heavy atom. The SMILES string of the molecule is CCc1cccc(C(C)(C)C(C)(C)O)n1. The molecule has 0 amide bonds. The lowest BCUT2D eigenvalue weighted by Gasteiger charge is -2.36. The third-order valence-corrected chi connectivity index (χ3v) is 3.34. The number of hydrogen-bond acceptors (Lipinski definition) is 2. The third-order valence-electron chi connectivity index (χ3n) is 3.34. The van der Waals surface area contributed by atoms with Crippen molar-refractivity contribution in [2.45, 2.75) is 52.1 Å². The summed E-state index contributed by atoms with van der Waals surface area (Å²) in [5.74, 6) is 0. The fourth-order valence-corrected chi connectivity index (χ4v) is 1.34. The molecule has 1 aromatic heterocycles. The molecule has 84 valence electrons. The van der Waals surface area contributed by atoms with Crippen LogP contribution in [0.5, 0.6) is 0 Å². The summed E-state index contributed by atoms with van der Waals surface area (Å²) in [6, 6.07) is 6.01. The number of pyridine rings is 1. The zero-order valence-corrected chi connectivity index (χ0v) is 10.3. The first-order chi connectivity index (χ1) is 6.79. The summed E-state index contributed by atoms with van der Waals surface area (Å²) < 4.78 is 0. The van der Waals surface area contributed by atoms with Crippen molar-refractivity contribution in [3.8, 4) is 0 Å². The summed E-state index contributed by atoms with van der Waals surface area (Å²) in [5.41, 5.74) is 0.920. The van der Waals surface area contributed by atoms with E-state index in [4.69, 9.17) is 0 Å². The van der Waals surface area contributed by atoms with Crippen LogP contribution in [0.4, 0.5) is 0 Å². The summed E-state index contributed by atoms with van der Waals surface area (Å²) in [6.45, 7) is 9.79. The lowest BCUT2D eigenvalue weighted by Crippen LogP contribution is -2.43. The fraction of sp³-hybridized carbons (Fsp3) is 0.615. The van der Waals surface area contributed by atoms with Gasteiger partial charge >= 0.3 is 0 Å². The highest BCUT2D eigenvalue weighted by atomic mass is 16.3. The van der Waals surface area contributed by atoms with E-state index in [0.29, 0.717) is 0 Å². The third kappa shape index (κ3) is 2.37. The average molecular weight is 207 g/mol. The quantitative estimate of drug-likeness (QED) is 0.826. The molecule has 0 atom stereocenters. The van der Waals surface area contributed by atoms with Crippen molar-refractivity contribution >= 4 is 0 Å². The topological polar surface area (TPSA) is 33.1 Å². The molecule has 1 aromatic rings. The van der Waals surface area contributed by atoms with E-state index < -0.39 is 5.60 Å². The number of aliphatic hydroxyl groups is 1. The van der Waals surface area contributed by atoms with Gasteiger partial charge in [0, 0.05) is 16.8 Å². The first kappa shape index (κ1) is 12.2. The molecule has 1 heterocycles. The predicted molar refractivity (Wildman–Crippen MR) is 62.9 cm³/mol. The van der Waals surface area contributed by atoms with E-state index in [1.165, 1.54) is 0 Å². The van der Waals surface area contributed by atoms with Crippen molar-refractivity contribution in [3.63, 3.8) is 0 Å². The molecule has 15 heavy (non-hydrogen) atoms. The second kappa shape index (κ2) is 3.93. The van der Waals surface area contributed by atoms with Crippen LogP contribution in [0.2, 0.25) is 0 Å². The van der Waals surface area contributed by atoms with Crippen LogP contribution in [0, 0.1) is 0 Å². The Balaban J connectivity index is 3.15. The van der Waals surface area contributed by atoms with E-state index in [1.807, 2.05) is 45.9 Å². The van der Waals surface area contributed by atoms with Crippen LogP contribution in [0.3, 0.4) is 0 Å². The Labute approximate surface area is 92.4 Å². The minimum atomic E-state index is -0.771. The molecule has 0 fully saturated rings. The molecule has 0 radical (unpaired) electrons. The van der Waals surface area contributed by atoms with Crippen molar-refractivity contribution in [2.75, 3.05) is 0 Å². The Morgan fingerprint density at radius 2 is 1.80 bits per heavy atom. The van der Waals surface area contributed by atoms with Crippen LogP contribution in [-0.2, 0) is 11.8 Å². The predicted octanol–water partition coefficient (Wildman–Crippen LogP) is 2.69. The van der Waals surface area contributed by atoms with Gasteiger partial charge in [-0.1, -0.05) is 26.8 Å². The number of aryl methyl sites for hydroxylation is 1. The van der Waals surface area contributed by atoms with Gasteiger partial charge in [-0.3, -0.25) is 4.98 Å². The van der Waals surface area contributed by atoms with Gasteiger partial charge in [0.25, 0.3) is 0 Å². The largest absolute Gasteiger partial charge is 0.390 e. The van der Waals surface area contributed by atoms with E-state index in [1.54, 1.807) is 0 Å². The van der Waals surface area contributed by atoms with Gasteiger partial charge in [0.15, 0.2) is 0 Å². The Kier molecular flexibility index (Phi) is 3.19. The summed E-state index contributed by atoms with van der Waals surface area (Å²) in [4.78, 5) is 4.57. The van der Waals surface area contributed by atoms with Crippen LogP contribution in [0.25, 0.3) is 0 Å². The lowest BCUT2D eigenvalue weighted by atomic mass is 9.74. The summed E-state index contributed by atoms with van der Waals surface area (Å²) in [6.07, 6.45) is 0.926. The molecule has 0 spiro atoms. The maximum Gasteiger partial charge on any atom is 0.0697 e. The van der Waals surface area contributed by atoms with Crippen molar-refractivity contribution in [3.05, 3.63) is 29.6 Å². The molecule has 0 aliphatic rings. The van der Waals surface area contributed by atoms with E-state index in [0.717, 1.165) is 17.8 Å². The standard InChI is InChI=1S/C13H21NO/c1-6-10-8-7-9-11(14-10)12(2,3)13(4,5)15/h7-9,15H,6H2,1-5H3. The second-order valence-electron chi connectivity index (χ2n) is 5.05. The minimum Gasteiger partial charge on any atom is -0.390 e. The molecular formula is C13H21NO. The zero-order chi connectivity index (χ0) is 11.7. The average Bonchev–Trinajstić information content (AvgIpc) is 2.16. The number of aromatic nitrogens is 1. The zero-order valence-electron chi connectivity index (χ0n) is 10.3. The Bertz CT molecular complexity index is 337. The second-order valence-corrected chi connectivity index (χ2v) is 5.05. The Hall–Kier alpha value is -0.890. The van der Waals surface area contributed by atoms with Gasteiger partial charge in [-0.05, 0) is 32.4 Å². The number of hydrogen-bond donors (Lipinski definition) is 1. The molecule has 0 aliphatic heterocycles. The van der Waals surface area contributed by atoms with Gasteiger partial charge in [0.2, 0.25) is 0 Å². The van der Waals surface area contributed by atoms with Gasteiger partial charge < -0.3 is 5.11 Å². The van der Waals surface area contributed by atoms with E-state index in [2.05, 4.69) is 11.9 Å². The van der Waals surface area contributed by atoms with Crippen LogP contribution < -0.4 is 0 Å². The first-order valence-corrected chi connectivity index (χ1v) is 5.48. The maximum atomic E-state index is 10.1. The molecule has 0 aromatic carbocycles. The molecule has 1 N–H and O–H groups in total. The van der Waals surface area contributed by atoms with Gasteiger partial charge in [0.05, 0.1) is 5.60 Å². The van der Waals surface area contributed by atoms with E-state index >= 15 is 0 Å². The minimum absolute atomic E-state index is 0.335. The van der Waals surface area contributed by atoms with E-state index in [9.17, 15) is 5.11 Å². The van der Waals surface area contributed by atoms with Crippen LogP contribution in [0.15, 0.2) is 18.2 Å². The summed E-state index contributed by atoms with van der Waals surface area (Å²) in [5, 5.41) is 10.1. The highest BCUT2D eigenvalue weighted by Gasteiger charge is 2.37. The molecule has 1 rings (SSSR count). The molecule has 0 saturated heterocycles. The lowest BCUT2D eigenvalue weighted by molar-refractivity contribution is 0.00770. The van der Waals surface area contributed by atoms with E-state index in [-0.39, 0.29) is 5.41 Å².